The molecule has 1 amide bonds. The number of carbonyl (C=O) groups is 1. The molecule has 0 atom stereocenters. The first-order chi connectivity index (χ1) is 9.97. The topological polar surface area (TPSA) is 82.2 Å². The van der Waals surface area contributed by atoms with Gasteiger partial charge in [-0.2, -0.15) is 5.10 Å². The van der Waals surface area contributed by atoms with Gasteiger partial charge in [0.25, 0.3) is 5.91 Å². The summed E-state index contributed by atoms with van der Waals surface area (Å²) in [4.78, 5) is 12.4. The molecular weight excluding hydrogens is 292 g/mol. The summed E-state index contributed by atoms with van der Waals surface area (Å²) < 4.78 is 6.68. The number of hydrogen-bond acceptors (Lipinski definition) is 4. The Labute approximate surface area is 127 Å². The van der Waals surface area contributed by atoms with E-state index in [-0.39, 0.29) is 5.91 Å². The van der Waals surface area contributed by atoms with Crippen molar-refractivity contribution in [1.29, 1.82) is 0 Å². The summed E-state index contributed by atoms with van der Waals surface area (Å²) in [5.41, 5.74) is 7.71. The third kappa shape index (κ3) is 2.95. The molecule has 0 spiro atoms. The number of ether oxygens (including phenoxy) is 1. The van der Waals surface area contributed by atoms with Gasteiger partial charge in [0, 0.05) is 12.6 Å². The Balaban J connectivity index is 2.34. The number of nitrogen functional groups attached to an aromatic ring is 1. The number of benzene rings is 1. The fourth-order valence-electron chi connectivity index (χ4n) is 1.97. The second kappa shape index (κ2) is 6.05. The summed E-state index contributed by atoms with van der Waals surface area (Å²) >= 11 is 6.08. The Morgan fingerprint density at radius 3 is 2.86 bits per heavy atom. The van der Waals surface area contributed by atoms with E-state index in [0.29, 0.717) is 40.1 Å². The molecule has 1 aromatic carbocycles. The van der Waals surface area contributed by atoms with Crippen molar-refractivity contribution < 1.29 is 9.53 Å². The van der Waals surface area contributed by atoms with Crippen molar-refractivity contribution in [1.82, 2.24) is 9.78 Å². The summed E-state index contributed by atoms with van der Waals surface area (Å²) in [5, 5.41) is 7.38. The molecule has 0 bridgehead atoms. The smallest absolute Gasteiger partial charge is 0.276 e. The van der Waals surface area contributed by atoms with Crippen molar-refractivity contribution in [3.05, 3.63) is 34.6 Å². The molecule has 0 aliphatic rings. The maximum atomic E-state index is 12.4. The highest BCUT2D eigenvalue weighted by Gasteiger charge is 2.20. The molecule has 112 valence electrons. The van der Waals surface area contributed by atoms with Crippen LogP contribution in [0.2, 0.25) is 5.02 Å². The van der Waals surface area contributed by atoms with Gasteiger partial charge < -0.3 is 15.8 Å². The summed E-state index contributed by atoms with van der Waals surface area (Å²) in [5.74, 6) is 0.243. The number of rotatable bonds is 4. The Hall–Kier alpha value is -2.21. The second-order valence-electron chi connectivity index (χ2n) is 4.46. The van der Waals surface area contributed by atoms with Gasteiger partial charge in [-0.25, -0.2) is 0 Å². The summed E-state index contributed by atoms with van der Waals surface area (Å²) in [6.45, 7) is 4.20. The van der Waals surface area contributed by atoms with Crippen LogP contribution in [0.5, 0.6) is 5.75 Å². The van der Waals surface area contributed by atoms with Crippen molar-refractivity contribution in [3.8, 4) is 5.75 Å². The number of aryl methyl sites for hydroxylation is 2. The van der Waals surface area contributed by atoms with Crippen LogP contribution in [-0.4, -0.2) is 22.8 Å². The molecule has 2 aromatic rings. The van der Waals surface area contributed by atoms with Gasteiger partial charge in [0.15, 0.2) is 0 Å². The van der Waals surface area contributed by atoms with E-state index >= 15 is 0 Å². The summed E-state index contributed by atoms with van der Waals surface area (Å²) in [7, 11) is 1.54. The van der Waals surface area contributed by atoms with Gasteiger partial charge in [-0.3, -0.25) is 9.48 Å². The zero-order valence-corrected chi connectivity index (χ0v) is 12.9. The average Bonchev–Trinajstić information content (AvgIpc) is 2.76. The highest BCUT2D eigenvalue weighted by molar-refractivity contribution is 6.34. The molecule has 21 heavy (non-hydrogen) atoms. The Morgan fingerprint density at radius 1 is 1.52 bits per heavy atom. The molecule has 0 radical (unpaired) electrons. The third-order valence-corrected chi connectivity index (χ3v) is 3.44. The number of anilines is 2. The van der Waals surface area contributed by atoms with E-state index in [4.69, 9.17) is 22.1 Å². The highest BCUT2D eigenvalue weighted by atomic mass is 35.5. The first-order valence-corrected chi connectivity index (χ1v) is 6.83. The number of nitrogens with two attached hydrogens (primary N) is 1. The lowest BCUT2D eigenvalue weighted by Crippen LogP contribution is -2.19. The quantitative estimate of drug-likeness (QED) is 0.909. The van der Waals surface area contributed by atoms with E-state index in [1.807, 2.05) is 6.92 Å². The maximum Gasteiger partial charge on any atom is 0.276 e. The number of halogens is 1. The summed E-state index contributed by atoms with van der Waals surface area (Å²) in [6.07, 6.45) is 0. The van der Waals surface area contributed by atoms with Crippen molar-refractivity contribution in [2.24, 2.45) is 0 Å². The molecule has 0 unspecified atom stereocenters. The lowest BCUT2D eigenvalue weighted by atomic mass is 10.2. The molecule has 6 nitrogen and oxygen atoms in total. The van der Waals surface area contributed by atoms with Crippen LogP contribution in [0.15, 0.2) is 18.2 Å². The number of amides is 1. The van der Waals surface area contributed by atoms with Gasteiger partial charge in [0.2, 0.25) is 0 Å². The monoisotopic (exact) mass is 308 g/mol. The van der Waals surface area contributed by atoms with Crippen molar-refractivity contribution >= 4 is 28.9 Å². The Bertz CT molecular complexity index is 682. The molecule has 0 saturated heterocycles. The van der Waals surface area contributed by atoms with E-state index in [9.17, 15) is 4.79 Å². The first-order valence-electron chi connectivity index (χ1n) is 6.45. The minimum absolute atomic E-state index is 0.328. The minimum atomic E-state index is -0.356. The fraction of sp³-hybridized carbons (Fsp3) is 0.286. The van der Waals surface area contributed by atoms with Gasteiger partial charge in [-0.1, -0.05) is 11.6 Å². The predicted molar refractivity (Wildman–Crippen MR) is 83.0 cm³/mol. The van der Waals surface area contributed by atoms with Crippen LogP contribution in [0.1, 0.15) is 23.1 Å². The van der Waals surface area contributed by atoms with E-state index in [2.05, 4.69) is 10.4 Å². The van der Waals surface area contributed by atoms with Gasteiger partial charge in [-0.15, -0.1) is 0 Å². The van der Waals surface area contributed by atoms with Gasteiger partial charge in [-0.05, 0) is 26.0 Å². The Morgan fingerprint density at radius 2 is 2.24 bits per heavy atom. The largest absolute Gasteiger partial charge is 0.497 e. The number of carbonyl (C=O) groups excluding carboxylic acids is 1. The van der Waals surface area contributed by atoms with Crippen LogP contribution in [-0.2, 0) is 6.54 Å². The van der Waals surface area contributed by atoms with Crippen LogP contribution in [0.25, 0.3) is 0 Å². The predicted octanol–water partition coefficient (Wildman–Crippen LogP) is 2.71. The third-order valence-electron chi connectivity index (χ3n) is 3.11. The second-order valence-corrected chi connectivity index (χ2v) is 4.87. The molecule has 0 fully saturated rings. The standard InChI is InChI=1S/C14H17ClN4O2/c1-4-19-13(12(16)8(2)18-19)14(20)17-11-7-9(21-3)5-6-10(11)15/h5-7H,4,16H2,1-3H3,(H,17,20). The number of aromatic nitrogens is 2. The van der Waals surface area contributed by atoms with Crippen molar-refractivity contribution in [2.45, 2.75) is 20.4 Å². The molecule has 0 aliphatic heterocycles. The Kier molecular flexibility index (Phi) is 4.37. The highest BCUT2D eigenvalue weighted by Crippen LogP contribution is 2.28. The van der Waals surface area contributed by atoms with Gasteiger partial charge in [0.05, 0.1) is 29.2 Å². The number of nitrogens with zero attached hydrogens (tertiary/aromatic N) is 2. The molecule has 1 aromatic heterocycles. The molecule has 0 aliphatic carbocycles. The normalized spacial score (nSPS) is 10.5. The number of hydrogen-bond donors (Lipinski definition) is 2. The van der Waals surface area contributed by atoms with Crippen LogP contribution in [0, 0.1) is 6.92 Å². The fourth-order valence-corrected chi connectivity index (χ4v) is 2.14. The molecular formula is C14H17ClN4O2. The lowest BCUT2D eigenvalue weighted by molar-refractivity contribution is 0.101. The molecule has 2 rings (SSSR count). The maximum absolute atomic E-state index is 12.4. The molecule has 0 saturated carbocycles. The minimum Gasteiger partial charge on any atom is -0.497 e. The zero-order chi connectivity index (χ0) is 15.6. The molecule has 7 heteroatoms. The van der Waals surface area contributed by atoms with E-state index in [1.165, 1.54) is 0 Å². The molecule has 3 N–H and O–H groups in total. The SMILES string of the molecule is CCn1nc(C)c(N)c1C(=O)Nc1cc(OC)ccc1Cl. The first kappa shape index (κ1) is 15.2. The van der Waals surface area contributed by atoms with E-state index in [0.717, 1.165) is 0 Å². The van der Waals surface area contributed by atoms with E-state index < -0.39 is 0 Å². The van der Waals surface area contributed by atoms with Crippen LogP contribution in [0.4, 0.5) is 11.4 Å². The van der Waals surface area contributed by atoms with Crippen LogP contribution in [0.3, 0.4) is 0 Å². The molecule has 1 heterocycles. The zero-order valence-electron chi connectivity index (χ0n) is 12.1. The lowest BCUT2D eigenvalue weighted by Gasteiger charge is -2.10. The van der Waals surface area contributed by atoms with Gasteiger partial charge in [0.1, 0.15) is 11.4 Å². The van der Waals surface area contributed by atoms with Crippen LogP contribution >= 0.6 is 11.6 Å². The van der Waals surface area contributed by atoms with Crippen molar-refractivity contribution in [2.75, 3.05) is 18.2 Å². The summed E-state index contributed by atoms with van der Waals surface area (Å²) in [6, 6.07) is 5.02. The number of nitrogens with one attached hydrogen (secondary N) is 1. The van der Waals surface area contributed by atoms with Crippen molar-refractivity contribution in [3.63, 3.8) is 0 Å². The average molecular weight is 309 g/mol. The number of methoxy groups -OCH3 is 1. The van der Waals surface area contributed by atoms with Crippen LogP contribution < -0.4 is 15.8 Å². The van der Waals surface area contributed by atoms with Gasteiger partial charge >= 0.3 is 0 Å². The van der Waals surface area contributed by atoms with E-state index in [1.54, 1.807) is 36.9 Å².